The highest BCUT2D eigenvalue weighted by atomic mass is 15.2. The fourth-order valence-electron chi connectivity index (χ4n) is 0.426. The first-order valence-corrected chi connectivity index (χ1v) is 2.27. The van der Waals surface area contributed by atoms with Crippen LogP contribution in [0.3, 0.4) is 0 Å². The fraction of sp³-hybridized carbons (Fsp3) is 0. The number of nitrogens with two attached hydrogens (primary N) is 2. The molecule has 0 aromatic carbocycles. The lowest BCUT2D eigenvalue weighted by atomic mass is 9.99. The Morgan fingerprint density at radius 2 is 2.12 bits per heavy atom. The van der Waals surface area contributed by atoms with Gasteiger partial charge in [-0.05, 0) is 5.46 Å². The zero-order valence-electron chi connectivity index (χ0n) is 4.60. The summed E-state index contributed by atoms with van der Waals surface area (Å²) in [5.74, 6) is 1.02. The third-order valence-corrected chi connectivity index (χ3v) is 1.09. The SMILES string of the molecule is Bc1c(N)n[nH]c1N. The average molecular weight is 110 g/mol. The molecule has 0 amide bonds. The summed E-state index contributed by atoms with van der Waals surface area (Å²) in [4.78, 5) is 0. The van der Waals surface area contributed by atoms with Crippen molar-refractivity contribution in [3.63, 3.8) is 0 Å². The van der Waals surface area contributed by atoms with Crippen molar-refractivity contribution in [2.45, 2.75) is 0 Å². The molecule has 0 radical (unpaired) electrons. The van der Waals surface area contributed by atoms with Gasteiger partial charge in [0.2, 0.25) is 0 Å². The molecular weight excluding hydrogens is 103 g/mol. The van der Waals surface area contributed by atoms with Gasteiger partial charge in [0.1, 0.15) is 19.5 Å². The van der Waals surface area contributed by atoms with Gasteiger partial charge in [-0.15, -0.1) is 0 Å². The molecule has 0 aliphatic rings. The van der Waals surface area contributed by atoms with Crippen LogP contribution in [-0.4, -0.2) is 18.0 Å². The van der Waals surface area contributed by atoms with Crippen molar-refractivity contribution in [1.29, 1.82) is 0 Å². The third-order valence-electron chi connectivity index (χ3n) is 1.09. The molecule has 1 aromatic heterocycles. The molecule has 42 valence electrons. The van der Waals surface area contributed by atoms with Crippen LogP contribution in [0.15, 0.2) is 0 Å². The number of aromatic amines is 1. The summed E-state index contributed by atoms with van der Waals surface area (Å²) in [6, 6.07) is 0. The summed E-state index contributed by atoms with van der Waals surface area (Å²) in [6.45, 7) is 0. The number of aromatic nitrogens is 2. The average Bonchev–Trinajstić information content (AvgIpc) is 1.98. The molecule has 1 rings (SSSR count). The van der Waals surface area contributed by atoms with Crippen molar-refractivity contribution in [2.75, 3.05) is 11.5 Å². The van der Waals surface area contributed by atoms with Crippen LogP contribution < -0.4 is 16.9 Å². The smallest absolute Gasteiger partial charge is 0.149 e. The van der Waals surface area contributed by atoms with E-state index >= 15 is 0 Å². The van der Waals surface area contributed by atoms with Crippen molar-refractivity contribution >= 4 is 24.9 Å². The summed E-state index contributed by atoms with van der Waals surface area (Å²) >= 11 is 0. The van der Waals surface area contributed by atoms with Gasteiger partial charge in [0.05, 0.1) is 0 Å². The van der Waals surface area contributed by atoms with Gasteiger partial charge in [0.15, 0.2) is 0 Å². The number of anilines is 2. The molecule has 0 unspecified atom stereocenters. The molecule has 4 nitrogen and oxygen atoms in total. The normalized spacial score (nSPS) is 9.50. The van der Waals surface area contributed by atoms with E-state index in [1.165, 1.54) is 0 Å². The highest BCUT2D eigenvalue weighted by Gasteiger charge is 1.98. The summed E-state index contributed by atoms with van der Waals surface area (Å²) in [6.07, 6.45) is 0. The van der Waals surface area contributed by atoms with E-state index < -0.39 is 0 Å². The number of nitrogens with zero attached hydrogens (tertiary/aromatic N) is 1. The van der Waals surface area contributed by atoms with Crippen LogP contribution in [0.2, 0.25) is 0 Å². The van der Waals surface area contributed by atoms with Gasteiger partial charge in [0.25, 0.3) is 0 Å². The van der Waals surface area contributed by atoms with Crippen LogP contribution >= 0.6 is 0 Å². The second kappa shape index (κ2) is 1.43. The minimum absolute atomic E-state index is 0.475. The first-order valence-electron chi connectivity index (χ1n) is 2.27. The first-order chi connectivity index (χ1) is 3.72. The zero-order valence-corrected chi connectivity index (χ0v) is 4.60. The molecule has 0 atom stereocenters. The number of nitrogen functional groups attached to an aromatic ring is 2. The molecule has 1 heterocycles. The first kappa shape index (κ1) is 5.02. The van der Waals surface area contributed by atoms with Crippen LogP contribution in [0, 0.1) is 0 Å². The number of H-pyrrole nitrogens is 1. The van der Waals surface area contributed by atoms with Gasteiger partial charge in [0, 0.05) is 0 Å². The Morgan fingerprint density at radius 3 is 2.25 bits per heavy atom. The Morgan fingerprint density at radius 1 is 1.50 bits per heavy atom. The van der Waals surface area contributed by atoms with Gasteiger partial charge >= 0.3 is 0 Å². The lowest BCUT2D eigenvalue weighted by Crippen LogP contribution is -2.10. The molecule has 5 N–H and O–H groups in total. The van der Waals surface area contributed by atoms with Gasteiger partial charge in [-0.2, -0.15) is 5.10 Å². The molecule has 0 spiro atoms. The number of rotatable bonds is 0. The Labute approximate surface area is 47.7 Å². The zero-order chi connectivity index (χ0) is 6.15. The van der Waals surface area contributed by atoms with E-state index in [9.17, 15) is 0 Å². The van der Waals surface area contributed by atoms with Crippen molar-refractivity contribution < 1.29 is 0 Å². The predicted molar refractivity (Wildman–Crippen MR) is 35.6 cm³/mol. The van der Waals surface area contributed by atoms with Crippen LogP contribution in [0.1, 0.15) is 0 Å². The van der Waals surface area contributed by atoms with Crippen LogP contribution in [0.5, 0.6) is 0 Å². The van der Waals surface area contributed by atoms with E-state index in [-0.39, 0.29) is 0 Å². The molecule has 0 fully saturated rings. The molecule has 0 aliphatic carbocycles. The highest BCUT2D eigenvalue weighted by molar-refractivity contribution is 6.38. The second-order valence-corrected chi connectivity index (χ2v) is 1.65. The fourth-order valence-corrected chi connectivity index (χ4v) is 0.426. The Kier molecular flexibility index (Phi) is 0.899. The van der Waals surface area contributed by atoms with Gasteiger partial charge in [-0.3, -0.25) is 5.10 Å². The Bertz CT molecular complexity index is 174. The monoisotopic (exact) mass is 110 g/mol. The predicted octanol–water partition coefficient (Wildman–Crippen LogP) is -2.17. The lowest BCUT2D eigenvalue weighted by molar-refractivity contribution is 1.11. The van der Waals surface area contributed by atoms with E-state index in [1.54, 1.807) is 0 Å². The minimum Gasteiger partial charge on any atom is -0.384 e. The molecule has 0 aliphatic heterocycles. The maximum Gasteiger partial charge on any atom is 0.149 e. The highest BCUT2D eigenvalue weighted by Crippen LogP contribution is 1.93. The molecule has 0 saturated heterocycles. The van der Waals surface area contributed by atoms with Crippen molar-refractivity contribution in [2.24, 2.45) is 0 Å². The summed E-state index contributed by atoms with van der Waals surface area (Å²) in [7, 11) is 1.81. The Hall–Kier alpha value is -1.13. The van der Waals surface area contributed by atoms with Gasteiger partial charge < -0.3 is 11.5 Å². The largest absolute Gasteiger partial charge is 0.384 e. The van der Waals surface area contributed by atoms with Crippen LogP contribution in [0.4, 0.5) is 11.6 Å². The topological polar surface area (TPSA) is 80.7 Å². The van der Waals surface area contributed by atoms with E-state index in [0.717, 1.165) is 5.46 Å². The standard InChI is InChI=1S/C3H7BN4/c4-1-2(5)7-8-3(1)6/h4H2,(H5,5,6,7,8). The number of hydrogen-bond acceptors (Lipinski definition) is 3. The summed E-state index contributed by atoms with van der Waals surface area (Å²) in [5.41, 5.74) is 11.5. The minimum atomic E-state index is 0.475. The number of nitrogens with one attached hydrogen (secondary N) is 1. The van der Waals surface area contributed by atoms with Gasteiger partial charge in [-0.1, -0.05) is 0 Å². The van der Waals surface area contributed by atoms with E-state index in [4.69, 9.17) is 11.5 Å². The van der Waals surface area contributed by atoms with Gasteiger partial charge in [-0.25, -0.2) is 0 Å². The quantitative estimate of drug-likeness (QED) is 0.332. The molecule has 1 aromatic rings. The summed E-state index contributed by atoms with van der Waals surface area (Å²) in [5, 5.41) is 6.18. The van der Waals surface area contributed by atoms with Crippen LogP contribution in [0.25, 0.3) is 0 Å². The number of hydrogen-bond donors (Lipinski definition) is 3. The molecule has 0 saturated carbocycles. The third kappa shape index (κ3) is 0.519. The molecule has 0 bridgehead atoms. The maximum atomic E-state index is 5.34. The van der Waals surface area contributed by atoms with E-state index in [2.05, 4.69) is 10.2 Å². The Balaban J connectivity index is 3.19. The summed E-state index contributed by atoms with van der Waals surface area (Å²) < 4.78 is 0. The van der Waals surface area contributed by atoms with Crippen molar-refractivity contribution in [1.82, 2.24) is 10.2 Å². The molecular formula is C3H7BN4. The maximum absolute atomic E-state index is 5.34. The molecule has 5 heteroatoms. The van der Waals surface area contributed by atoms with E-state index in [1.807, 2.05) is 7.85 Å². The lowest BCUT2D eigenvalue weighted by Gasteiger charge is -1.84. The second-order valence-electron chi connectivity index (χ2n) is 1.65. The van der Waals surface area contributed by atoms with Crippen molar-refractivity contribution in [3.8, 4) is 0 Å². The van der Waals surface area contributed by atoms with E-state index in [0.29, 0.717) is 11.6 Å². The van der Waals surface area contributed by atoms with Crippen LogP contribution in [-0.2, 0) is 0 Å². The van der Waals surface area contributed by atoms with Crippen molar-refractivity contribution in [3.05, 3.63) is 0 Å². The molecule has 8 heavy (non-hydrogen) atoms.